The summed E-state index contributed by atoms with van der Waals surface area (Å²) in [4.78, 5) is 20.7. The molecule has 0 spiro atoms. The van der Waals surface area contributed by atoms with Gasteiger partial charge in [-0.3, -0.25) is 4.79 Å². The molecule has 0 radical (unpaired) electrons. The molecule has 0 saturated carbocycles. The maximum atomic E-state index is 14.5. The zero-order valence-electron chi connectivity index (χ0n) is 14.4. The van der Waals surface area contributed by atoms with Gasteiger partial charge in [0.2, 0.25) is 5.95 Å². The van der Waals surface area contributed by atoms with E-state index in [-0.39, 0.29) is 53.2 Å². The summed E-state index contributed by atoms with van der Waals surface area (Å²) in [5.74, 6) is -2.00. The van der Waals surface area contributed by atoms with E-state index >= 15 is 0 Å². The minimum atomic E-state index is -0.871. The molecule has 0 aliphatic heterocycles. The summed E-state index contributed by atoms with van der Waals surface area (Å²) < 4.78 is 14.5. The highest BCUT2D eigenvalue weighted by molar-refractivity contribution is 7.21. The van der Waals surface area contributed by atoms with Gasteiger partial charge in [-0.05, 0) is 18.6 Å². The summed E-state index contributed by atoms with van der Waals surface area (Å²) in [7, 11) is 0. The quantitative estimate of drug-likeness (QED) is 0.422. The summed E-state index contributed by atoms with van der Waals surface area (Å²) in [6.07, 6.45) is 0.604. The third-order valence-electron chi connectivity index (χ3n) is 4.09. The second-order valence-corrected chi connectivity index (χ2v) is 6.85. The van der Waals surface area contributed by atoms with Crippen LogP contribution in [0.1, 0.15) is 30.4 Å². The number of amides is 1. The van der Waals surface area contributed by atoms with Gasteiger partial charge in [0.25, 0.3) is 5.91 Å². The van der Waals surface area contributed by atoms with Gasteiger partial charge in [-0.15, -0.1) is 11.3 Å². The molecule has 150 valence electrons. The van der Waals surface area contributed by atoms with Gasteiger partial charge in [-0.25, -0.2) is 14.4 Å². The van der Waals surface area contributed by atoms with Crippen LogP contribution in [0.5, 0.6) is 5.75 Å². The van der Waals surface area contributed by atoms with Crippen molar-refractivity contribution >= 4 is 39.1 Å². The number of hydrogen-bond acceptors (Lipinski definition) is 8. The van der Waals surface area contributed by atoms with E-state index in [1.165, 1.54) is 18.2 Å². The number of aliphatic hydroxyl groups excluding tert-OH is 1. The van der Waals surface area contributed by atoms with E-state index < -0.39 is 17.5 Å². The van der Waals surface area contributed by atoms with Crippen LogP contribution in [0, 0.1) is 5.82 Å². The molecule has 3 rings (SSSR count). The van der Waals surface area contributed by atoms with Gasteiger partial charge in [0.05, 0.1) is 29.4 Å². The summed E-state index contributed by atoms with van der Waals surface area (Å²) in [5.41, 5.74) is 11.6. The van der Waals surface area contributed by atoms with Crippen LogP contribution in [-0.4, -0.2) is 38.7 Å². The van der Waals surface area contributed by atoms with E-state index in [9.17, 15) is 19.4 Å². The second kappa shape index (κ2) is 8.36. The van der Waals surface area contributed by atoms with Crippen LogP contribution in [0.15, 0.2) is 18.2 Å². The summed E-state index contributed by atoms with van der Waals surface area (Å²) in [6, 6.07) is 3.80. The van der Waals surface area contributed by atoms with Crippen LogP contribution in [0.4, 0.5) is 16.0 Å². The predicted octanol–water partition coefficient (Wildman–Crippen LogP) is 2.70. The molecular formula is C18H22FN5O3S. The Hall–Kier alpha value is -2.98. The number of aromatic hydroxyl groups is 1. The molecular weight excluding hydrogens is 385 g/mol. The van der Waals surface area contributed by atoms with Gasteiger partial charge >= 0.3 is 0 Å². The van der Waals surface area contributed by atoms with Crippen LogP contribution in [-0.2, 0) is 0 Å². The zero-order valence-corrected chi connectivity index (χ0v) is 15.2. The number of halogens is 1. The lowest BCUT2D eigenvalue weighted by atomic mass is 10.1. The van der Waals surface area contributed by atoms with Gasteiger partial charge in [0, 0.05) is 5.56 Å². The molecule has 1 aromatic carbocycles. The number of benzene rings is 1. The van der Waals surface area contributed by atoms with Crippen molar-refractivity contribution in [2.75, 3.05) is 17.7 Å². The number of carbonyl (C=O) groups is 1. The minimum Gasteiger partial charge on any atom is -0.505 e. The molecule has 0 unspecified atom stereocenters. The largest absolute Gasteiger partial charge is 0.505 e. The SMILES string of the molecule is C.CC[C@H](CO)Nc1nc(-c2cccc(O)c2F)c2c(N)c(C(N)=O)sc2n1. The van der Waals surface area contributed by atoms with E-state index in [4.69, 9.17) is 11.5 Å². The number of phenols is 1. The number of fused-ring (bicyclic) bond motifs is 1. The molecule has 10 heteroatoms. The van der Waals surface area contributed by atoms with Crippen molar-refractivity contribution in [2.24, 2.45) is 5.73 Å². The number of phenolic OH excluding ortho intramolecular Hbond substituents is 1. The first-order valence-corrected chi connectivity index (χ1v) is 8.94. The van der Waals surface area contributed by atoms with Crippen LogP contribution in [0.2, 0.25) is 0 Å². The Morgan fingerprint density at radius 1 is 1.39 bits per heavy atom. The average Bonchev–Trinajstić information content (AvgIpc) is 2.98. The fraction of sp³-hybridized carbons (Fsp3) is 0.278. The highest BCUT2D eigenvalue weighted by Gasteiger charge is 2.23. The number of anilines is 2. The van der Waals surface area contributed by atoms with Gasteiger partial charge in [-0.1, -0.05) is 20.4 Å². The first kappa shape index (κ1) is 21.3. The molecule has 2 aromatic heterocycles. The van der Waals surface area contributed by atoms with Crippen molar-refractivity contribution in [2.45, 2.75) is 26.8 Å². The summed E-state index contributed by atoms with van der Waals surface area (Å²) in [5, 5.41) is 22.4. The topological polar surface area (TPSA) is 147 Å². The first-order chi connectivity index (χ1) is 12.9. The molecule has 0 aliphatic rings. The van der Waals surface area contributed by atoms with Crippen molar-refractivity contribution < 1.29 is 19.4 Å². The monoisotopic (exact) mass is 407 g/mol. The lowest BCUT2D eigenvalue weighted by molar-refractivity contribution is 0.100. The summed E-state index contributed by atoms with van der Waals surface area (Å²) >= 11 is 0.969. The molecule has 0 fully saturated rings. The number of nitrogens with one attached hydrogen (secondary N) is 1. The molecule has 0 aliphatic carbocycles. The second-order valence-electron chi connectivity index (χ2n) is 5.86. The fourth-order valence-electron chi connectivity index (χ4n) is 2.63. The van der Waals surface area contributed by atoms with Gasteiger partial charge < -0.3 is 27.0 Å². The number of aromatic nitrogens is 2. The Labute approximate surface area is 165 Å². The van der Waals surface area contributed by atoms with Crippen molar-refractivity contribution in [1.29, 1.82) is 0 Å². The molecule has 2 heterocycles. The van der Waals surface area contributed by atoms with E-state index in [0.717, 1.165) is 11.3 Å². The Balaban J connectivity index is 0.00000280. The minimum absolute atomic E-state index is 0. The fourth-order valence-corrected chi connectivity index (χ4v) is 3.57. The van der Waals surface area contributed by atoms with Crippen molar-refractivity contribution in [3.05, 3.63) is 28.9 Å². The Bertz CT molecular complexity index is 1020. The number of hydrogen-bond donors (Lipinski definition) is 5. The van der Waals surface area contributed by atoms with Crippen LogP contribution in [0.3, 0.4) is 0 Å². The van der Waals surface area contributed by atoms with Crippen LogP contribution < -0.4 is 16.8 Å². The highest BCUT2D eigenvalue weighted by Crippen LogP contribution is 2.40. The average molecular weight is 407 g/mol. The zero-order chi connectivity index (χ0) is 19.7. The Morgan fingerprint density at radius 2 is 2.11 bits per heavy atom. The van der Waals surface area contributed by atoms with E-state index in [1.54, 1.807) is 0 Å². The Kier molecular flexibility index (Phi) is 6.37. The molecule has 3 aromatic rings. The number of nitrogen functional groups attached to an aromatic ring is 1. The number of rotatable bonds is 6. The van der Waals surface area contributed by atoms with Crippen LogP contribution in [0.25, 0.3) is 21.5 Å². The maximum Gasteiger partial charge on any atom is 0.260 e. The molecule has 0 bridgehead atoms. The lowest BCUT2D eigenvalue weighted by Gasteiger charge is -2.15. The highest BCUT2D eigenvalue weighted by atomic mass is 32.1. The number of nitrogens with zero attached hydrogens (tertiary/aromatic N) is 2. The van der Waals surface area contributed by atoms with Gasteiger partial charge in [-0.2, -0.15) is 0 Å². The maximum absolute atomic E-state index is 14.5. The smallest absolute Gasteiger partial charge is 0.260 e. The molecule has 28 heavy (non-hydrogen) atoms. The third kappa shape index (κ3) is 3.69. The Morgan fingerprint density at radius 3 is 2.71 bits per heavy atom. The molecule has 8 nitrogen and oxygen atoms in total. The number of nitrogens with two attached hydrogens (primary N) is 2. The van der Waals surface area contributed by atoms with E-state index in [0.29, 0.717) is 11.3 Å². The lowest BCUT2D eigenvalue weighted by Crippen LogP contribution is -2.24. The molecule has 7 N–H and O–H groups in total. The standard InChI is InChI=1S/C17H18FN5O3S.CH4/c1-2-7(6-24)21-17-22-13(8-4-3-5-9(25)11(8)18)10-12(19)14(15(20)26)27-16(10)23-17;/h3-5,7,24-25H,2,6,19H2,1H3,(H2,20,26)(H,21,22,23);1H4/t7-;/m1./s1. The van der Waals surface area contributed by atoms with E-state index in [1.807, 2.05) is 6.92 Å². The normalized spacial score (nSPS) is 11.8. The van der Waals surface area contributed by atoms with Crippen molar-refractivity contribution in [3.8, 4) is 17.0 Å². The third-order valence-corrected chi connectivity index (χ3v) is 5.21. The number of primary amides is 1. The van der Waals surface area contributed by atoms with Gasteiger partial charge in [0.1, 0.15) is 9.71 Å². The number of thiophene rings is 1. The number of carbonyl (C=O) groups excluding carboxylic acids is 1. The van der Waals surface area contributed by atoms with E-state index in [2.05, 4.69) is 15.3 Å². The summed E-state index contributed by atoms with van der Waals surface area (Å²) in [6.45, 7) is 1.73. The number of aliphatic hydroxyl groups is 1. The molecule has 1 atom stereocenters. The first-order valence-electron chi connectivity index (χ1n) is 8.12. The van der Waals surface area contributed by atoms with Crippen LogP contribution >= 0.6 is 11.3 Å². The van der Waals surface area contributed by atoms with Gasteiger partial charge in [0.15, 0.2) is 11.6 Å². The molecule has 1 amide bonds. The van der Waals surface area contributed by atoms with Crippen molar-refractivity contribution in [3.63, 3.8) is 0 Å². The predicted molar refractivity (Wildman–Crippen MR) is 109 cm³/mol. The molecule has 0 saturated heterocycles. The van der Waals surface area contributed by atoms with Crippen molar-refractivity contribution in [1.82, 2.24) is 9.97 Å².